The van der Waals surface area contributed by atoms with Crippen LogP contribution in [0.25, 0.3) is 0 Å². The molecule has 0 fully saturated rings. The first-order valence-corrected chi connectivity index (χ1v) is 7.53. The molecule has 0 spiro atoms. The van der Waals surface area contributed by atoms with Crippen molar-refractivity contribution >= 4 is 27.5 Å². The number of benzene rings is 1. The fourth-order valence-electron chi connectivity index (χ4n) is 1.13. The second kappa shape index (κ2) is 5.72. The normalized spacial score (nSPS) is 13.6. The first-order chi connectivity index (χ1) is 7.82. The minimum Gasteiger partial charge on any atom is -0.399 e. The highest BCUT2D eigenvalue weighted by molar-refractivity contribution is 7.99. The molecule has 1 unspecified atom stereocenters. The molecule has 0 amide bonds. The number of nitrogens with two attached hydrogens (primary N) is 2. The van der Waals surface area contributed by atoms with E-state index in [0.717, 1.165) is 4.90 Å². The molecule has 1 aromatic rings. The Kier molecular flexibility index (Phi) is 4.81. The van der Waals surface area contributed by atoms with E-state index in [1.807, 2.05) is 6.92 Å². The van der Waals surface area contributed by atoms with Gasteiger partial charge in [-0.3, -0.25) is 0 Å². The Hall–Kier alpha value is -0.760. The molecule has 0 heterocycles. The molecule has 5 N–H and O–H groups in total. The molecular weight excluding hydrogens is 260 g/mol. The van der Waals surface area contributed by atoms with Gasteiger partial charge in [-0.25, -0.2) is 13.6 Å². The van der Waals surface area contributed by atoms with Gasteiger partial charge in [-0.1, -0.05) is 6.92 Å². The van der Waals surface area contributed by atoms with Crippen molar-refractivity contribution in [3.05, 3.63) is 18.2 Å². The minimum absolute atomic E-state index is 0.0108. The van der Waals surface area contributed by atoms with Crippen LogP contribution in [0.2, 0.25) is 0 Å². The van der Waals surface area contributed by atoms with E-state index < -0.39 is 10.0 Å². The van der Waals surface area contributed by atoms with Gasteiger partial charge in [0.2, 0.25) is 10.0 Å². The van der Waals surface area contributed by atoms with Crippen molar-refractivity contribution in [3.8, 4) is 0 Å². The van der Waals surface area contributed by atoms with Crippen molar-refractivity contribution in [2.24, 2.45) is 11.1 Å². The number of anilines is 1. The molecular formula is C10H16N2O3S2. The number of aliphatic hydroxyl groups is 1. The summed E-state index contributed by atoms with van der Waals surface area (Å²) in [5.74, 6) is 0.823. The summed E-state index contributed by atoms with van der Waals surface area (Å²) in [6, 6.07) is 4.50. The van der Waals surface area contributed by atoms with Crippen LogP contribution in [0, 0.1) is 5.92 Å². The average Bonchev–Trinajstić information content (AvgIpc) is 2.24. The van der Waals surface area contributed by atoms with Crippen molar-refractivity contribution in [1.29, 1.82) is 0 Å². The van der Waals surface area contributed by atoms with Gasteiger partial charge in [0.05, 0.1) is 4.90 Å². The van der Waals surface area contributed by atoms with Crippen molar-refractivity contribution in [2.75, 3.05) is 18.1 Å². The molecule has 5 nitrogen and oxygen atoms in total. The Morgan fingerprint density at radius 1 is 1.41 bits per heavy atom. The number of thioether (sulfide) groups is 1. The summed E-state index contributed by atoms with van der Waals surface area (Å²) in [5, 5.41) is 13.9. The fraction of sp³-hybridized carbons (Fsp3) is 0.400. The van der Waals surface area contributed by atoms with E-state index in [4.69, 9.17) is 16.0 Å². The Labute approximate surface area is 105 Å². The predicted molar refractivity (Wildman–Crippen MR) is 69.2 cm³/mol. The lowest BCUT2D eigenvalue weighted by molar-refractivity contribution is 0.250. The van der Waals surface area contributed by atoms with Gasteiger partial charge in [-0.2, -0.15) is 0 Å². The topological polar surface area (TPSA) is 106 Å². The molecule has 0 aromatic heterocycles. The van der Waals surface area contributed by atoms with Crippen molar-refractivity contribution in [2.45, 2.75) is 16.7 Å². The minimum atomic E-state index is -3.73. The van der Waals surface area contributed by atoms with Crippen LogP contribution < -0.4 is 10.9 Å². The third-order valence-corrected chi connectivity index (χ3v) is 4.27. The Bertz CT molecular complexity index is 488. The number of sulfonamides is 1. The average molecular weight is 276 g/mol. The number of rotatable bonds is 5. The van der Waals surface area contributed by atoms with Gasteiger partial charge < -0.3 is 10.8 Å². The van der Waals surface area contributed by atoms with Crippen LogP contribution in [0.3, 0.4) is 0 Å². The Balaban J connectivity index is 2.91. The number of aliphatic hydroxyl groups excluding tert-OH is 1. The molecule has 0 radical (unpaired) electrons. The molecule has 0 aliphatic heterocycles. The quantitative estimate of drug-likeness (QED) is 0.540. The van der Waals surface area contributed by atoms with Crippen molar-refractivity contribution < 1.29 is 13.5 Å². The molecule has 17 heavy (non-hydrogen) atoms. The first-order valence-electron chi connectivity index (χ1n) is 5.00. The summed E-state index contributed by atoms with van der Waals surface area (Å²) in [6.07, 6.45) is 0. The Morgan fingerprint density at radius 2 is 2.06 bits per heavy atom. The van der Waals surface area contributed by atoms with Crippen LogP contribution in [-0.4, -0.2) is 25.9 Å². The molecule has 0 saturated carbocycles. The second-order valence-corrected chi connectivity index (χ2v) is 6.54. The zero-order chi connectivity index (χ0) is 13.1. The van der Waals surface area contributed by atoms with Crippen LogP contribution >= 0.6 is 11.8 Å². The summed E-state index contributed by atoms with van der Waals surface area (Å²) < 4.78 is 22.4. The number of hydrogen-bond donors (Lipinski definition) is 3. The van der Waals surface area contributed by atoms with Crippen LogP contribution in [0.1, 0.15) is 6.92 Å². The molecule has 1 rings (SSSR count). The second-order valence-electron chi connectivity index (χ2n) is 3.88. The zero-order valence-corrected chi connectivity index (χ0v) is 11.1. The predicted octanol–water partition coefficient (Wildman–Crippen LogP) is 0.637. The SMILES string of the molecule is CC(CO)CSc1cc(N)cc(S(N)(=O)=O)c1. The van der Waals surface area contributed by atoms with E-state index >= 15 is 0 Å². The lowest BCUT2D eigenvalue weighted by Crippen LogP contribution is -2.12. The van der Waals surface area contributed by atoms with Crippen molar-refractivity contribution in [1.82, 2.24) is 0 Å². The number of hydrogen-bond acceptors (Lipinski definition) is 5. The van der Waals surface area contributed by atoms with Gasteiger partial charge in [-0.05, 0) is 24.1 Å². The maximum Gasteiger partial charge on any atom is 0.238 e. The lowest BCUT2D eigenvalue weighted by atomic mass is 10.2. The fourth-order valence-corrected chi connectivity index (χ4v) is 2.81. The lowest BCUT2D eigenvalue weighted by Gasteiger charge is -2.09. The van der Waals surface area contributed by atoms with Gasteiger partial charge >= 0.3 is 0 Å². The standard InChI is InChI=1S/C10H16N2O3S2/c1-7(5-13)6-16-9-2-8(11)3-10(4-9)17(12,14)15/h2-4,7,13H,5-6,11H2,1H3,(H2,12,14,15). The highest BCUT2D eigenvalue weighted by atomic mass is 32.2. The summed E-state index contributed by atoms with van der Waals surface area (Å²) in [7, 11) is -3.73. The monoisotopic (exact) mass is 276 g/mol. The van der Waals surface area contributed by atoms with E-state index in [-0.39, 0.29) is 17.4 Å². The molecule has 7 heteroatoms. The largest absolute Gasteiger partial charge is 0.399 e. The van der Waals surface area contributed by atoms with E-state index in [2.05, 4.69) is 0 Å². The molecule has 0 saturated heterocycles. The van der Waals surface area contributed by atoms with Crippen LogP contribution in [0.5, 0.6) is 0 Å². The maximum absolute atomic E-state index is 11.2. The Morgan fingerprint density at radius 3 is 2.59 bits per heavy atom. The van der Waals surface area contributed by atoms with Crippen LogP contribution in [0.15, 0.2) is 28.0 Å². The van der Waals surface area contributed by atoms with Gasteiger partial charge in [0.1, 0.15) is 0 Å². The third kappa shape index (κ3) is 4.55. The van der Waals surface area contributed by atoms with E-state index in [0.29, 0.717) is 11.4 Å². The first kappa shape index (κ1) is 14.3. The summed E-state index contributed by atoms with van der Waals surface area (Å²) >= 11 is 1.44. The van der Waals surface area contributed by atoms with E-state index in [9.17, 15) is 8.42 Å². The maximum atomic E-state index is 11.2. The summed E-state index contributed by atoms with van der Waals surface area (Å²) in [4.78, 5) is 0.742. The van der Waals surface area contributed by atoms with E-state index in [1.165, 1.54) is 23.9 Å². The molecule has 0 aliphatic rings. The highest BCUT2D eigenvalue weighted by Gasteiger charge is 2.11. The molecule has 96 valence electrons. The number of nitrogen functional groups attached to an aromatic ring is 1. The molecule has 0 bridgehead atoms. The van der Waals surface area contributed by atoms with Gasteiger partial charge in [0, 0.05) is 22.9 Å². The van der Waals surface area contributed by atoms with Gasteiger partial charge in [0.15, 0.2) is 0 Å². The molecule has 0 aliphatic carbocycles. The van der Waals surface area contributed by atoms with Crippen LogP contribution in [0.4, 0.5) is 5.69 Å². The molecule has 1 aromatic carbocycles. The van der Waals surface area contributed by atoms with Crippen LogP contribution in [-0.2, 0) is 10.0 Å². The number of primary sulfonamides is 1. The van der Waals surface area contributed by atoms with Gasteiger partial charge in [-0.15, -0.1) is 11.8 Å². The van der Waals surface area contributed by atoms with E-state index in [1.54, 1.807) is 6.07 Å². The smallest absolute Gasteiger partial charge is 0.238 e. The zero-order valence-electron chi connectivity index (χ0n) is 9.46. The van der Waals surface area contributed by atoms with Gasteiger partial charge in [0.25, 0.3) is 0 Å². The molecule has 1 atom stereocenters. The third-order valence-electron chi connectivity index (χ3n) is 2.08. The highest BCUT2D eigenvalue weighted by Crippen LogP contribution is 2.26. The summed E-state index contributed by atoms with van der Waals surface area (Å²) in [5.41, 5.74) is 5.97. The van der Waals surface area contributed by atoms with Crippen molar-refractivity contribution in [3.63, 3.8) is 0 Å². The summed E-state index contributed by atoms with van der Waals surface area (Å²) in [6.45, 7) is 2.00.